The fraction of sp³-hybridized carbons (Fsp3) is 0.735. The van der Waals surface area contributed by atoms with Crippen LogP contribution in [0, 0.1) is 44.8 Å². The lowest BCUT2D eigenvalue weighted by Crippen LogP contribution is -2.45. The van der Waals surface area contributed by atoms with Crippen LogP contribution >= 0.6 is 0 Å². The molecule has 2 aromatic rings. The minimum atomic E-state index is -0.778. The molecule has 8 heteroatoms. The van der Waals surface area contributed by atoms with Crippen molar-refractivity contribution >= 4 is 11.9 Å². The summed E-state index contributed by atoms with van der Waals surface area (Å²) in [4.78, 5) is 24.6. The van der Waals surface area contributed by atoms with Crippen LogP contribution in [-0.4, -0.2) is 72.0 Å². The Bertz CT molecular complexity index is 2270. The lowest BCUT2D eigenvalue weighted by Gasteiger charge is -2.45. The number of rotatable bonds is 32. The third-order valence-electron chi connectivity index (χ3n) is 20.9. The van der Waals surface area contributed by atoms with Gasteiger partial charge in [-0.1, -0.05) is 121 Å². The zero-order chi connectivity index (χ0) is 56.4. The average Bonchev–Trinajstić information content (AvgIpc) is 3.52. The van der Waals surface area contributed by atoms with E-state index in [0.717, 1.165) is 87.0 Å². The van der Waals surface area contributed by atoms with Gasteiger partial charge < -0.3 is 28.4 Å². The molecule has 0 spiro atoms. The standard InChI is InChI=1S/C68H106O8/c1-20-56(69)75-62(11,12)54(49-32-24-22-25-33-49)44-73-64(15,16)58(3,4)37-28-30-40-71-60(7,8)46-66(19)39-36-52-51(42-66)53-43-67(52)48-68(53,67)47-61(9,10)72-41-31-29-38-59(5,6)65(17,18)74-45-55(50-34-26-23-27-35-50)63(13,14)76-57(70)21-2/h20-27,32-35,51-55H,1-2,28-31,36-48H2,3-19H3. The molecule has 0 radical (unpaired) electrons. The van der Waals surface area contributed by atoms with Crippen LogP contribution < -0.4 is 0 Å². The number of fused-ring (bicyclic) bond motifs is 2. The highest BCUT2D eigenvalue weighted by molar-refractivity contribution is 5.82. The Kier molecular flexibility index (Phi) is 18.8. The number of ether oxygens (including phenoxy) is 6. The van der Waals surface area contributed by atoms with Gasteiger partial charge in [-0.3, -0.25) is 0 Å². The van der Waals surface area contributed by atoms with Crippen molar-refractivity contribution in [1.82, 2.24) is 0 Å². The SMILES string of the molecule is C=CC(=O)OC(C)(C)C(COC(C)(C)C(C)(C)CCCCOC(C)(C)CC1(C)CCC2C(C1)C1CC23CC13CC(C)(C)OCCCCC(C)(C)C(C)(C)OCC(c1ccccc1)C(C)(C)OC(=O)C=C)c1ccccc1. The van der Waals surface area contributed by atoms with Crippen molar-refractivity contribution in [2.45, 2.75) is 247 Å². The highest BCUT2D eigenvalue weighted by Gasteiger charge is 2.88. The summed E-state index contributed by atoms with van der Waals surface area (Å²) >= 11 is 0. The first-order valence-electron chi connectivity index (χ1n) is 29.5. The van der Waals surface area contributed by atoms with E-state index in [4.69, 9.17) is 28.4 Å². The molecule has 76 heavy (non-hydrogen) atoms. The van der Waals surface area contributed by atoms with E-state index in [-0.39, 0.29) is 33.9 Å². The maximum absolute atomic E-state index is 12.3. The minimum absolute atomic E-state index is 0.0881. The number of hydrogen-bond donors (Lipinski definition) is 0. The van der Waals surface area contributed by atoms with Gasteiger partial charge in [0.15, 0.2) is 0 Å². The topological polar surface area (TPSA) is 89.5 Å². The second kappa shape index (κ2) is 23.0. The number of carbonyl (C=O) groups is 2. The van der Waals surface area contributed by atoms with Gasteiger partial charge in [0, 0.05) is 37.2 Å². The van der Waals surface area contributed by atoms with Crippen LogP contribution in [-0.2, 0) is 38.0 Å². The smallest absolute Gasteiger partial charge is 0.330 e. The molecule has 4 saturated carbocycles. The number of carbonyl (C=O) groups excluding carboxylic acids is 2. The monoisotopic (exact) mass is 1050 g/mol. The molecular formula is C68H106O8. The number of hydrogen-bond acceptors (Lipinski definition) is 8. The number of esters is 2. The fourth-order valence-corrected chi connectivity index (χ4v) is 15.1. The lowest BCUT2D eigenvalue weighted by atomic mass is 9.62. The van der Waals surface area contributed by atoms with Crippen LogP contribution in [0.2, 0.25) is 0 Å². The van der Waals surface area contributed by atoms with Gasteiger partial charge >= 0.3 is 11.9 Å². The van der Waals surface area contributed by atoms with Crippen LogP contribution in [0.3, 0.4) is 0 Å². The quantitative estimate of drug-likeness (QED) is 0.0407. The third kappa shape index (κ3) is 13.8. The summed E-state index contributed by atoms with van der Waals surface area (Å²) in [6, 6.07) is 20.5. The van der Waals surface area contributed by atoms with Crippen LogP contribution in [0.1, 0.15) is 224 Å². The van der Waals surface area contributed by atoms with Crippen LogP contribution in [0.4, 0.5) is 0 Å². The van der Waals surface area contributed by atoms with Crippen molar-refractivity contribution < 1.29 is 38.0 Å². The van der Waals surface area contributed by atoms with Crippen molar-refractivity contribution in [3.05, 3.63) is 97.1 Å². The molecule has 0 heterocycles. The Balaban J connectivity index is 0.923. The average molecular weight is 1050 g/mol. The molecule has 6 rings (SSSR count). The van der Waals surface area contributed by atoms with Crippen molar-refractivity contribution in [2.75, 3.05) is 26.4 Å². The molecule has 8 unspecified atom stereocenters. The van der Waals surface area contributed by atoms with Crippen molar-refractivity contribution in [2.24, 2.45) is 44.8 Å². The predicted octanol–water partition coefficient (Wildman–Crippen LogP) is 16.8. The Morgan fingerprint density at radius 1 is 0.579 bits per heavy atom. The van der Waals surface area contributed by atoms with Crippen molar-refractivity contribution in [3.63, 3.8) is 0 Å². The summed E-state index contributed by atoms with van der Waals surface area (Å²) in [5.74, 6) is 1.43. The summed E-state index contributed by atoms with van der Waals surface area (Å²) in [5.41, 5.74) is 0.652. The van der Waals surface area contributed by atoms with E-state index in [1.807, 2.05) is 64.1 Å². The second-order valence-electron chi connectivity index (χ2n) is 29.4. The molecule has 8 atom stereocenters. The lowest BCUT2D eigenvalue weighted by molar-refractivity contribution is -0.160. The van der Waals surface area contributed by atoms with E-state index < -0.39 is 34.3 Å². The maximum atomic E-state index is 12.3. The van der Waals surface area contributed by atoms with E-state index in [2.05, 4.69) is 127 Å². The number of unbranched alkanes of at least 4 members (excludes halogenated alkanes) is 2. The molecular weight excluding hydrogens is 945 g/mol. The Morgan fingerprint density at radius 2 is 1.00 bits per heavy atom. The second-order valence-corrected chi connectivity index (χ2v) is 29.4. The molecule has 4 fully saturated rings. The molecule has 0 aliphatic heterocycles. The van der Waals surface area contributed by atoms with Gasteiger partial charge in [0.1, 0.15) is 11.2 Å². The molecule has 4 aliphatic carbocycles. The summed E-state index contributed by atoms with van der Waals surface area (Å²) in [5, 5.41) is 0. The van der Waals surface area contributed by atoms with Gasteiger partial charge in [-0.05, 0) is 210 Å². The Morgan fingerprint density at radius 3 is 1.42 bits per heavy atom. The molecule has 0 saturated heterocycles. The number of benzene rings is 2. The first-order chi connectivity index (χ1) is 35.1. The first-order valence-corrected chi connectivity index (χ1v) is 29.5. The van der Waals surface area contributed by atoms with Gasteiger partial charge in [-0.2, -0.15) is 0 Å². The summed E-state index contributed by atoms with van der Waals surface area (Å²) in [6.45, 7) is 47.5. The van der Waals surface area contributed by atoms with Crippen LogP contribution in [0.25, 0.3) is 0 Å². The predicted molar refractivity (Wildman–Crippen MR) is 310 cm³/mol. The van der Waals surface area contributed by atoms with E-state index >= 15 is 0 Å². The molecule has 2 aromatic carbocycles. The fourth-order valence-electron chi connectivity index (χ4n) is 15.1. The highest BCUT2D eigenvalue weighted by Crippen LogP contribution is 2.94. The molecule has 0 amide bonds. The van der Waals surface area contributed by atoms with E-state index in [1.165, 1.54) is 50.7 Å². The molecule has 426 valence electrons. The zero-order valence-corrected chi connectivity index (χ0v) is 51.0. The van der Waals surface area contributed by atoms with Crippen molar-refractivity contribution in [1.29, 1.82) is 0 Å². The van der Waals surface area contributed by atoms with Gasteiger partial charge in [0.2, 0.25) is 0 Å². The Hall–Kier alpha value is -3.30. The van der Waals surface area contributed by atoms with Crippen LogP contribution in [0.15, 0.2) is 86.0 Å². The zero-order valence-electron chi connectivity index (χ0n) is 51.0. The van der Waals surface area contributed by atoms with Crippen molar-refractivity contribution in [3.8, 4) is 0 Å². The third-order valence-corrected chi connectivity index (χ3v) is 20.9. The normalized spacial score (nSPS) is 25.6. The molecule has 0 N–H and O–H groups in total. The molecule has 4 aliphatic rings. The van der Waals surface area contributed by atoms with E-state index in [9.17, 15) is 9.59 Å². The van der Waals surface area contributed by atoms with Gasteiger partial charge in [0.25, 0.3) is 0 Å². The Labute approximate surface area is 463 Å². The first kappa shape index (κ1) is 61.9. The van der Waals surface area contributed by atoms with Gasteiger partial charge in [-0.15, -0.1) is 0 Å². The molecule has 2 bridgehead atoms. The summed E-state index contributed by atoms with van der Waals surface area (Å²) < 4.78 is 39.0. The highest BCUT2D eigenvalue weighted by atomic mass is 16.6. The van der Waals surface area contributed by atoms with E-state index in [1.54, 1.807) is 0 Å². The van der Waals surface area contributed by atoms with Crippen LogP contribution in [0.5, 0.6) is 0 Å². The summed E-state index contributed by atoms with van der Waals surface area (Å²) in [7, 11) is 0. The maximum Gasteiger partial charge on any atom is 0.330 e. The molecule has 8 nitrogen and oxygen atoms in total. The van der Waals surface area contributed by atoms with Gasteiger partial charge in [0.05, 0.1) is 35.6 Å². The van der Waals surface area contributed by atoms with Gasteiger partial charge in [-0.25, -0.2) is 9.59 Å². The van der Waals surface area contributed by atoms with E-state index in [0.29, 0.717) is 29.5 Å². The summed E-state index contributed by atoms with van der Waals surface area (Å²) in [6.07, 6.45) is 17.9. The minimum Gasteiger partial charge on any atom is -0.456 e. The molecule has 0 aromatic heterocycles. The largest absolute Gasteiger partial charge is 0.456 e.